The molecule has 2 rings (SSSR count). The molecule has 19 heavy (non-hydrogen) atoms. The normalized spacial score (nSPS) is 17.7. The van der Waals surface area contributed by atoms with Gasteiger partial charge in [-0.25, -0.2) is 4.79 Å². The number of hydrogen-bond acceptors (Lipinski definition) is 2. The highest BCUT2D eigenvalue weighted by Gasteiger charge is 2.23. The molecule has 0 amide bonds. The lowest BCUT2D eigenvalue weighted by Crippen LogP contribution is -2.01. The quantitative estimate of drug-likeness (QED) is 0.665. The zero-order chi connectivity index (χ0) is 14.3. The third-order valence-corrected chi connectivity index (χ3v) is 2.93. The van der Waals surface area contributed by atoms with Crippen molar-refractivity contribution in [3.63, 3.8) is 0 Å². The van der Waals surface area contributed by atoms with Gasteiger partial charge < -0.3 is 9.84 Å². The third kappa shape index (κ3) is 6.02. The Morgan fingerprint density at radius 3 is 2.37 bits per heavy atom. The number of aliphatic carboxylic acids is 1. The Kier molecular flexibility index (Phi) is 6.03. The van der Waals surface area contributed by atoms with E-state index < -0.39 is 5.97 Å². The van der Waals surface area contributed by atoms with E-state index in [1.807, 2.05) is 43.3 Å². The van der Waals surface area contributed by atoms with Crippen LogP contribution in [0.1, 0.15) is 25.8 Å². The second-order valence-corrected chi connectivity index (χ2v) is 4.48. The topological polar surface area (TPSA) is 49.8 Å². The van der Waals surface area contributed by atoms with E-state index in [2.05, 4.69) is 6.58 Å². The number of epoxide rings is 1. The Bertz CT molecular complexity index is 456. The molecule has 1 fully saturated rings. The Balaban J connectivity index is 0.000000200. The average molecular weight is 260 g/mol. The van der Waals surface area contributed by atoms with E-state index in [-0.39, 0.29) is 6.10 Å². The maximum Gasteiger partial charge on any atom is 0.331 e. The molecule has 0 radical (unpaired) electrons. The highest BCUT2D eigenvalue weighted by molar-refractivity contribution is 5.86. The van der Waals surface area contributed by atoms with Crippen molar-refractivity contribution in [1.82, 2.24) is 0 Å². The predicted molar refractivity (Wildman–Crippen MR) is 76.9 cm³/mol. The van der Waals surface area contributed by atoms with Crippen molar-refractivity contribution in [2.24, 2.45) is 0 Å². The fourth-order valence-corrected chi connectivity index (χ4v) is 1.45. The number of ether oxygens (including phenoxy) is 1. The Labute approximate surface area is 114 Å². The summed E-state index contributed by atoms with van der Waals surface area (Å²) in [5, 5.41) is 8.59. The molecule has 1 N–H and O–H groups in total. The van der Waals surface area contributed by atoms with Gasteiger partial charge in [0.05, 0.1) is 12.7 Å². The van der Waals surface area contributed by atoms with Crippen molar-refractivity contribution >= 4 is 12.0 Å². The van der Waals surface area contributed by atoms with Gasteiger partial charge in [-0.2, -0.15) is 0 Å². The van der Waals surface area contributed by atoms with E-state index in [0.717, 1.165) is 18.6 Å². The molecule has 3 nitrogen and oxygen atoms in total. The van der Waals surface area contributed by atoms with Crippen LogP contribution >= 0.6 is 0 Å². The summed E-state index contributed by atoms with van der Waals surface area (Å²) in [5.41, 5.74) is 2.54. The summed E-state index contributed by atoms with van der Waals surface area (Å²) in [7, 11) is 0. The molecular weight excluding hydrogens is 240 g/mol. The van der Waals surface area contributed by atoms with Gasteiger partial charge in [0.1, 0.15) is 0 Å². The van der Waals surface area contributed by atoms with Gasteiger partial charge in [-0.15, -0.1) is 0 Å². The first-order valence-corrected chi connectivity index (χ1v) is 6.23. The molecule has 1 saturated heterocycles. The molecule has 1 aromatic carbocycles. The number of benzene rings is 1. The third-order valence-electron chi connectivity index (χ3n) is 2.93. The standard InChI is InChI=1S/C8H12O3.C8H8/c1-5(3-7-4-11-7)6(2)8(9)10;1-2-8-6-4-3-5-7-8/h7H,3-4H2,1-2H3,(H,9,10);2-7H,1H2. The first kappa shape index (κ1) is 15.2. The van der Waals surface area contributed by atoms with Gasteiger partial charge in [-0.1, -0.05) is 48.6 Å². The Hall–Kier alpha value is -1.87. The number of carboxylic acids is 1. The van der Waals surface area contributed by atoms with E-state index in [1.165, 1.54) is 5.56 Å². The second kappa shape index (κ2) is 7.54. The van der Waals surface area contributed by atoms with Crippen molar-refractivity contribution in [3.05, 3.63) is 53.6 Å². The minimum atomic E-state index is -0.830. The van der Waals surface area contributed by atoms with Gasteiger partial charge in [0, 0.05) is 5.57 Å². The van der Waals surface area contributed by atoms with Crippen LogP contribution in [0.25, 0.3) is 6.08 Å². The maximum atomic E-state index is 10.4. The summed E-state index contributed by atoms with van der Waals surface area (Å²) < 4.78 is 4.98. The van der Waals surface area contributed by atoms with Crippen molar-refractivity contribution in [2.45, 2.75) is 26.4 Å². The lowest BCUT2D eigenvalue weighted by Gasteiger charge is -1.99. The summed E-state index contributed by atoms with van der Waals surface area (Å²) in [4.78, 5) is 10.4. The molecule has 0 saturated carbocycles. The molecule has 0 aromatic heterocycles. The van der Waals surface area contributed by atoms with Crippen molar-refractivity contribution in [2.75, 3.05) is 6.61 Å². The first-order valence-electron chi connectivity index (χ1n) is 6.23. The highest BCUT2D eigenvalue weighted by atomic mass is 16.6. The Morgan fingerprint density at radius 1 is 1.42 bits per heavy atom. The van der Waals surface area contributed by atoms with E-state index in [4.69, 9.17) is 9.84 Å². The number of hydrogen-bond donors (Lipinski definition) is 1. The van der Waals surface area contributed by atoms with Gasteiger partial charge in [0.25, 0.3) is 0 Å². The smallest absolute Gasteiger partial charge is 0.331 e. The second-order valence-electron chi connectivity index (χ2n) is 4.48. The van der Waals surface area contributed by atoms with Gasteiger partial charge in [-0.3, -0.25) is 0 Å². The van der Waals surface area contributed by atoms with Crippen LogP contribution in [0.2, 0.25) is 0 Å². The lowest BCUT2D eigenvalue weighted by atomic mass is 10.1. The Morgan fingerprint density at radius 2 is 2.00 bits per heavy atom. The summed E-state index contributed by atoms with van der Waals surface area (Å²) in [6.07, 6.45) is 2.88. The van der Waals surface area contributed by atoms with E-state index in [9.17, 15) is 4.79 Å². The van der Waals surface area contributed by atoms with Crippen molar-refractivity contribution < 1.29 is 14.6 Å². The molecule has 102 valence electrons. The van der Waals surface area contributed by atoms with Crippen LogP contribution in [0.15, 0.2) is 48.1 Å². The van der Waals surface area contributed by atoms with Gasteiger partial charge in [0.2, 0.25) is 0 Å². The number of carboxylic acid groups (broad SMARTS) is 1. The van der Waals surface area contributed by atoms with Crippen LogP contribution in [0, 0.1) is 0 Å². The van der Waals surface area contributed by atoms with Crippen LogP contribution < -0.4 is 0 Å². The molecule has 0 aliphatic carbocycles. The number of rotatable bonds is 4. The maximum absolute atomic E-state index is 10.4. The molecule has 1 aliphatic heterocycles. The average Bonchev–Trinajstić information content (AvgIpc) is 3.23. The molecule has 1 aliphatic rings. The van der Waals surface area contributed by atoms with Gasteiger partial charge >= 0.3 is 5.97 Å². The van der Waals surface area contributed by atoms with E-state index in [1.54, 1.807) is 6.92 Å². The lowest BCUT2D eigenvalue weighted by molar-refractivity contribution is -0.132. The molecule has 1 atom stereocenters. The minimum Gasteiger partial charge on any atom is -0.478 e. The zero-order valence-electron chi connectivity index (χ0n) is 11.4. The molecule has 1 aromatic rings. The molecule has 1 unspecified atom stereocenters. The van der Waals surface area contributed by atoms with Crippen LogP contribution in [0.5, 0.6) is 0 Å². The van der Waals surface area contributed by atoms with E-state index >= 15 is 0 Å². The van der Waals surface area contributed by atoms with Gasteiger partial charge in [0.15, 0.2) is 0 Å². The van der Waals surface area contributed by atoms with Crippen molar-refractivity contribution in [1.29, 1.82) is 0 Å². The summed E-state index contributed by atoms with van der Waals surface area (Å²) in [5.74, 6) is -0.830. The summed E-state index contributed by atoms with van der Waals surface area (Å²) in [6.45, 7) is 7.88. The summed E-state index contributed by atoms with van der Waals surface area (Å²) in [6, 6.07) is 10.0. The molecule has 0 bridgehead atoms. The molecular formula is C16H20O3. The fraction of sp³-hybridized carbons (Fsp3) is 0.312. The fourth-order valence-electron chi connectivity index (χ4n) is 1.45. The molecule has 3 heteroatoms. The van der Waals surface area contributed by atoms with Crippen LogP contribution in [-0.4, -0.2) is 23.8 Å². The van der Waals surface area contributed by atoms with Gasteiger partial charge in [-0.05, 0) is 25.8 Å². The largest absolute Gasteiger partial charge is 0.478 e. The van der Waals surface area contributed by atoms with Crippen LogP contribution in [0.3, 0.4) is 0 Å². The minimum absolute atomic E-state index is 0.282. The number of carbonyl (C=O) groups is 1. The molecule has 0 spiro atoms. The SMILES string of the molecule is C=Cc1ccccc1.CC(CC1CO1)=C(C)C(=O)O. The zero-order valence-corrected chi connectivity index (χ0v) is 11.4. The van der Waals surface area contributed by atoms with Crippen LogP contribution in [0.4, 0.5) is 0 Å². The molecule has 1 heterocycles. The first-order chi connectivity index (χ1) is 9.04. The highest BCUT2D eigenvalue weighted by Crippen LogP contribution is 2.20. The monoisotopic (exact) mass is 260 g/mol. The summed E-state index contributed by atoms with van der Waals surface area (Å²) >= 11 is 0. The van der Waals surface area contributed by atoms with E-state index in [0.29, 0.717) is 5.57 Å². The van der Waals surface area contributed by atoms with Crippen LogP contribution in [-0.2, 0) is 9.53 Å². The predicted octanol–water partition coefficient (Wildman–Crippen LogP) is 3.53. The van der Waals surface area contributed by atoms with Crippen molar-refractivity contribution in [3.8, 4) is 0 Å².